The van der Waals surface area contributed by atoms with Gasteiger partial charge in [-0.2, -0.15) is 18.4 Å². The van der Waals surface area contributed by atoms with Crippen LogP contribution < -0.4 is 9.64 Å². The van der Waals surface area contributed by atoms with Crippen molar-refractivity contribution < 1.29 is 36.2 Å². The highest BCUT2D eigenvalue weighted by Crippen LogP contribution is 2.48. The first kappa shape index (κ1) is 25.4. The third-order valence-electron chi connectivity index (χ3n) is 6.17. The van der Waals surface area contributed by atoms with E-state index in [1.807, 2.05) is 6.07 Å². The Morgan fingerprint density at radius 2 is 1.69 bits per heavy atom. The number of aliphatic hydroxyl groups excluding tert-OH is 1. The Labute approximate surface area is 203 Å². The van der Waals surface area contributed by atoms with Crippen LogP contribution in [0.25, 0.3) is 0 Å². The molecular weight excluding hydrogens is 486 g/mol. The highest BCUT2D eigenvalue weighted by molar-refractivity contribution is 5.67. The number of nitriles is 1. The van der Waals surface area contributed by atoms with E-state index in [0.717, 1.165) is 6.07 Å². The van der Waals surface area contributed by atoms with Gasteiger partial charge in [0.05, 0.1) is 18.2 Å². The van der Waals surface area contributed by atoms with Crippen LogP contribution in [0.2, 0.25) is 0 Å². The number of β-amino-alcohol motifs (C(OH)–C–C–N with tert-alkyl or cyclic N) is 1. The molecule has 1 aliphatic rings. The molecule has 0 bridgehead atoms. The number of ether oxygens (including phenoxy) is 1. The second-order valence-corrected chi connectivity index (χ2v) is 8.60. The molecule has 1 heterocycles. The van der Waals surface area contributed by atoms with E-state index in [9.17, 15) is 36.7 Å². The molecule has 3 aromatic carbocycles. The van der Waals surface area contributed by atoms with Crippen LogP contribution in [0.1, 0.15) is 22.3 Å². The number of anilines is 1. The predicted molar refractivity (Wildman–Crippen MR) is 119 cm³/mol. The van der Waals surface area contributed by atoms with Gasteiger partial charge in [0.15, 0.2) is 6.10 Å². The topological polar surface area (TPSA) is 56.5 Å². The Hall–Kier alpha value is -3.71. The van der Waals surface area contributed by atoms with Crippen molar-refractivity contribution in [2.45, 2.75) is 30.5 Å². The molecule has 0 aromatic heterocycles. The fourth-order valence-corrected chi connectivity index (χ4v) is 4.72. The van der Waals surface area contributed by atoms with Gasteiger partial charge in [0.2, 0.25) is 0 Å². The molecule has 0 aliphatic carbocycles. The summed E-state index contributed by atoms with van der Waals surface area (Å²) in [6.07, 6.45) is -12.2. The Morgan fingerprint density at radius 1 is 0.972 bits per heavy atom. The number of para-hydroxylation sites is 1. The van der Waals surface area contributed by atoms with E-state index in [0.29, 0.717) is 27.9 Å². The summed E-state index contributed by atoms with van der Waals surface area (Å²) in [5, 5.41) is 19.1. The van der Waals surface area contributed by atoms with Gasteiger partial charge >= 0.3 is 12.5 Å². The highest BCUT2D eigenvalue weighted by Gasteiger charge is 2.47. The minimum atomic E-state index is -4.93. The third kappa shape index (κ3) is 5.26. The molecule has 188 valence electrons. The quantitative estimate of drug-likeness (QED) is 0.434. The van der Waals surface area contributed by atoms with Crippen LogP contribution in [0.5, 0.6) is 5.75 Å². The number of aliphatic hydroxyl groups is 1. The summed E-state index contributed by atoms with van der Waals surface area (Å²) in [6.45, 7) is -0.801. The molecule has 3 aromatic rings. The molecule has 36 heavy (non-hydrogen) atoms. The van der Waals surface area contributed by atoms with Crippen molar-refractivity contribution in [3.63, 3.8) is 0 Å². The maximum absolute atomic E-state index is 13.2. The first-order valence-corrected chi connectivity index (χ1v) is 10.9. The maximum atomic E-state index is 13.2. The molecule has 10 heteroatoms. The van der Waals surface area contributed by atoms with Crippen molar-refractivity contribution >= 4 is 5.69 Å². The SMILES string of the molecule is N#Cc1cccc(CC2(c3cccc(OC(F)(F)F)c3)CN(CC(O)C(F)(F)F)c3ccccc32)c1. The Morgan fingerprint density at radius 3 is 2.39 bits per heavy atom. The van der Waals surface area contributed by atoms with Crippen LogP contribution >= 0.6 is 0 Å². The minimum Gasteiger partial charge on any atom is -0.406 e. The number of hydrogen-bond donors (Lipinski definition) is 1. The number of nitrogens with zero attached hydrogens (tertiary/aromatic N) is 2. The Kier molecular flexibility index (Phi) is 6.62. The first-order chi connectivity index (χ1) is 16.9. The van der Waals surface area contributed by atoms with Gasteiger partial charge < -0.3 is 14.7 Å². The molecule has 0 spiro atoms. The molecule has 0 saturated carbocycles. The molecule has 0 radical (unpaired) electrons. The van der Waals surface area contributed by atoms with Crippen LogP contribution in [0.15, 0.2) is 72.8 Å². The standard InChI is InChI=1S/C26H20F6N2O2/c27-25(28,29)23(35)15-34-16-24(21-9-1-2-10-22(21)34,13-17-5-3-6-18(11-17)14-33)19-7-4-8-20(12-19)36-26(30,31)32/h1-12,23,35H,13,15-16H2. The second kappa shape index (κ2) is 9.39. The molecule has 4 rings (SSSR count). The molecule has 0 fully saturated rings. The van der Waals surface area contributed by atoms with Gasteiger partial charge in [-0.25, -0.2) is 0 Å². The molecule has 2 atom stereocenters. The van der Waals surface area contributed by atoms with Gasteiger partial charge in [0, 0.05) is 17.6 Å². The largest absolute Gasteiger partial charge is 0.573 e. The van der Waals surface area contributed by atoms with Gasteiger partial charge in [-0.3, -0.25) is 0 Å². The molecule has 4 nitrogen and oxygen atoms in total. The number of hydrogen-bond acceptors (Lipinski definition) is 4. The van der Waals surface area contributed by atoms with E-state index < -0.39 is 36.4 Å². The molecule has 0 saturated heterocycles. The van der Waals surface area contributed by atoms with E-state index in [4.69, 9.17) is 0 Å². The van der Waals surface area contributed by atoms with E-state index >= 15 is 0 Å². The summed E-state index contributed by atoms with van der Waals surface area (Å²) in [5.74, 6) is -0.462. The summed E-state index contributed by atoms with van der Waals surface area (Å²) < 4.78 is 82.5. The lowest BCUT2D eigenvalue weighted by Gasteiger charge is -2.33. The van der Waals surface area contributed by atoms with E-state index in [1.165, 1.54) is 17.0 Å². The van der Waals surface area contributed by atoms with Crippen LogP contribution in [-0.2, 0) is 11.8 Å². The fourth-order valence-electron chi connectivity index (χ4n) is 4.72. The predicted octanol–water partition coefficient (Wildman–Crippen LogP) is 5.73. The van der Waals surface area contributed by atoms with Gasteiger partial charge in [-0.05, 0) is 53.4 Å². The minimum absolute atomic E-state index is 0.0499. The summed E-state index contributed by atoms with van der Waals surface area (Å²) >= 11 is 0. The van der Waals surface area contributed by atoms with Crippen LogP contribution in [0.4, 0.5) is 32.0 Å². The summed E-state index contributed by atoms with van der Waals surface area (Å²) in [4.78, 5) is 1.39. The zero-order chi connectivity index (χ0) is 26.1. The van der Waals surface area contributed by atoms with Gasteiger partial charge in [0.25, 0.3) is 0 Å². The number of fused-ring (bicyclic) bond motifs is 1. The number of rotatable bonds is 6. The molecule has 0 amide bonds. The van der Waals surface area contributed by atoms with Crippen molar-refractivity contribution in [2.75, 3.05) is 18.0 Å². The van der Waals surface area contributed by atoms with Crippen molar-refractivity contribution in [1.82, 2.24) is 0 Å². The van der Waals surface area contributed by atoms with Crippen molar-refractivity contribution in [3.8, 4) is 11.8 Å². The van der Waals surface area contributed by atoms with Crippen LogP contribution in [0, 0.1) is 11.3 Å². The van der Waals surface area contributed by atoms with E-state index in [2.05, 4.69) is 4.74 Å². The maximum Gasteiger partial charge on any atom is 0.573 e. The van der Waals surface area contributed by atoms with Gasteiger partial charge in [-0.15, -0.1) is 13.2 Å². The van der Waals surface area contributed by atoms with Gasteiger partial charge in [-0.1, -0.05) is 42.5 Å². The van der Waals surface area contributed by atoms with Gasteiger partial charge in [0.1, 0.15) is 5.75 Å². The second-order valence-electron chi connectivity index (χ2n) is 8.60. The fraction of sp³-hybridized carbons (Fsp3) is 0.269. The molecule has 1 N–H and O–H groups in total. The zero-order valence-corrected chi connectivity index (χ0v) is 18.6. The summed E-state index contributed by atoms with van der Waals surface area (Å²) in [7, 11) is 0. The number of benzene rings is 3. The average Bonchev–Trinajstić information content (AvgIpc) is 3.12. The summed E-state index contributed by atoms with van der Waals surface area (Å²) in [6, 6.07) is 20.7. The lowest BCUT2D eigenvalue weighted by molar-refractivity contribution is -0.274. The number of halogens is 6. The van der Waals surface area contributed by atoms with Crippen molar-refractivity contribution in [3.05, 3.63) is 95.1 Å². The van der Waals surface area contributed by atoms with E-state index in [-0.39, 0.29) is 13.0 Å². The van der Waals surface area contributed by atoms with Crippen molar-refractivity contribution in [2.24, 2.45) is 0 Å². The normalized spacial score (nSPS) is 18.4. The monoisotopic (exact) mass is 506 g/mol. The first-order valence-electron chi connectivity index (χ1n) is 10.9. The molecular formula is C26H20F6N2O2. The summed E-state index contributed by atoms with van der Waals surface area (Å²) in [5.41, 5.74) is 1.35. The van der Waals surface area contributed by atoms with E-state index in [1.54, 1.807) is 54.6 Å². The Bertz CT molecular complexity index is 1280. The zero-order valence-electron chi connectivity index (χ0n) is 18.6. The smallest absolute Gasteiger partial charge is 0.406 e. The van der Waals surface area contributed by atoms with Crippen LogP contribution in [-0.4, -0.2) is 36.8 Å². The van der Waals surface area contributed by atoms with Crippen LogP contribution in [0.3, 0.4) is 0 Å². The third-order valence-corrected chi connectivity index (χ3v) is 6.17. The van der Waals surface area contributed by atoms with Crippen molar-refractivity contribution in [1.29, 1.82) is 5.26 Å². The molecule has 2 unspecified atom stereocenters. The lowest BCUT2D eigenvalue weighted by Crippen LogP contribution is -2.44. The molecule has 1 aliphatic heterocycles. The number of alkyl halides is 6. The average molecular weight is 506 g/mol. The Balaban J connectivity index is 1.86. The highest BCUT2D eigenvalue weighted by atomic mass is 19.4. The lowest BCUT2D eigenvalue weighted by atomic mass is 9.71.